The Bertz CT molecular complexity index is 534. The van der Waals surface area contributed by atoms with Gasteiger partial charge in [-0.2, -0.15) is 0 Å². The van der Waals surface area contributed by atoms with Crippen LogP contribution in [0.5, 0.6) is 5.88 Å². The molecule has 0 radical (unpaired) electrons. The molecule has 1 amide bonds. The summed E-state index contributed by atoms with van der Waals surface area (Å²) in [5, 5.41) is 20.1. The Hall–Kier alpha value is -1.70. The zero-order chi connectivity index (χ0) is 17.7. The maximum absolute atomic E-state index is 12.9. The van der Waals surface area contributed by atoms with Crippen LogP contribution in [-0.4, -0.2) is 70.6 Å². The number of pyridine rings is 1. The van der Waals surface area contributed by atoms with Crippen LogP contribution >= 0.6 is 0 Å². The number of hydrogen-bond donors (Lipinski definition) is 2. The monoisotopic (exact) mass is 338 g/mol. The fourth-order valence-electron chi connectivity index (χ4n) is 2.71. The highest BCUT2D eigenvalue weighted by molar-refractivity contribution is 5.94. The summed E-state index contributed by atoms with van der Waals surface area (Å²) in [7, 11) is 0. The molecule has 1 saturated heterocycles. The maximum atomic E-state index is 12.9. The number of rotatable bonds is 6. The average Bonchev–Trinajstić information content (AvgIpc) is 2.56. The van der Waals surface area contributed by atoms with Crippen LogP contribution in [0.4, 0.5) is 0 Å². The molecule has 0 spiro atoms. The molecule has 0 saturated carbocycles. The molecule has 3 atom stereocenters. The Morgan fingerprint density at radius 3 is 2.75 bits per heavy atom. The van der Waals surface area contributed by atoms with Crippen molar-refractivity contribution in [3.8, 4) is 5.88 Å². The third-order valence-corrected chi connectivity index (χ3v) is 3.86. The number of carbonyl (C=O) groups is 1. The molecule has 1 fully saturated rings. The first-order valence-electron chi connectivity index (χ1n) is 8.27. The molecule has 2 heterocycles. The van der Waals surface area contributed by atoms with Gasteiger partial charge in [-0.05, 0) is 18.9 Å². The minimum Gasteiger partial charge on any atom is -0.478 e. The van der Waals surface area contributed by atoms with Crippen LogP contribution in [0, 0.1) is 5.92 Å². The van der Waals surface area contributed by atoms with E-state index in [4.69, 9.17) is 9.47 Å². The van der Waals surface area contributed by atoms with Crippen LogP contribution in [0.15, 0.2) is 18.3 Å². The van der Waals surface area contributed by atoms with Crippen LogP contribution in [0.1, 0.15) is 31.1 Å². The van der Waals surface area contributed by atoms with Crippen molar-refractivity contribution in [2.75, 3.05) is 26.4 Å². The van der Waals surface area contributed by atoms with E-state index in [1.807, 2.05) is 20.8 Å². The lowest BCUT2D eigenvalue weighted by Gasteiger charge is -2.40. The van der Waals surface area contributed by atoms with E-state index in [0.717, 1.165) is 0 Å². The molecule has 1 aliphatic rings. The van der Waals surface area contributed by atoms with E-state index in [9.17, 15) is 15.0 Å². The van der Waals surface area contributed by atoms with Gasteiger partial charge < -0.3 is 24.6 Å². The number of aromatic nitrogens is 1. The van der Waals surface area contributed by atoms with E-state index in [0.29, 0.717) is 24.6 Å². The zero-order valence-corrected chi connectivity index (χ0v) is 14.4. The van der Waals surface area contributed by atoms with Gasteiger partial charge in [0, 0.05) is 18.8 Å². The van der Waals surface area contributed by atoms with Crippen LogP contribution in [0.3, 0.4) is 0 Å². The van der Waals surface area contributed by atoms with Gasteiger partial charge in [0.2, 0.25) is 5.88 Å². The van der Waals surface area contributed by atoms with Gasteiger partial charge in [0.25, 0.3) is 5.91 Å². The van der Waals surface area contributed by atoms with E-state index in [1.165, 1.54) is 6.20 Å². The average molecular weight is 338 g/mol. The van der Waals surface area contributed by atoms with Gasteiger partial charge in [-0.15, -0.1) is 0 Å². The Labute approximate surface area is 142 Å². The first-order valence-corrected chi connectivity index (χ1v) is 8.27. The fourth-order valence-corrected chi connectivity index (χ4v) is 2.71. The Morgan fingerprint density at radius 1 is 1.42 bits per heavy atom. The van der Waals surface area contributed by atoms with Crippen LogP contribution < -0.4 is 4.74 Å². The number of carbonyl (C=O) groups excluding carboxylic acids is 1. The van der Waals surface area contributed by atoms with Crippen molar-refractivity contribution >= 4 is 5.91 Å². The minimum atomic E-state index is -1.03. The number of amides is 1. The predicted octanol–water partition coefficient (Wildman–Crippen LogP) is 0.699. The van der Waals surface area contributed by atoms with Gasteiger partial charge >= 0.3 is 0 Å². The van der Waals surface area contributed by atoms with E-state index in [2.05, 4.69) is 4.98 Å². The normalized spacial score (nSPS) is 24.0. The molecule has 2 N–H and O–H groups in total. The van der Waals surface area contributed by atoms with Crippen molar-refractivity contribution in [2.24, 2.45) is 5.92 Å². The zero-order valence-electron chi connectivity index (χ0n) is 14.4. The SMILES string of the molecule is CCOc1ccc(C(=O)N(CC(C)C)[C@@H]2COC[C@@H](O)[C@H]2O)cn1. The van der Waals surface area contributed by atoms with Crippen LogP contribution in [0.2, 0.25) is 0 Å². The number of aliphatic hydroxyl groups is 2. The molecule has 1 aromatic heterocycles. The van der Waals surface area contributed by atoms with Crippen molar-refractivity contribution in [3.05, 3.63) is 23.9 Å². The molecule has 7 heteroatoms. The molecule has 134 valence electrons. The lowest BCUT2D eigenvalue weighted by molar-refractivity contribution is -0.126. The van der Waals surface area contributed by atoms with E-state index < -0.39 is 18.2 Å². The standard InChI is InChI=1S/C17H26N2O5/c1-4-24-15-6-5-12(7-18-15)17(22)19(8-11(2)3)13-9-23-10-14(20)16(13)21/h5-7,11,13-14,16,20-21H,4,8-10H2,1-3H3/t13-,14-,16+/m1/s1. The van der Waals surface area contributed by atoms with Crippen molar-refractivity contribution in [2.45, 2.75) is 39.0 Å². The number of ether oxygens (including phenoxy) is 2. The molecular weight excluding hydrogens is 312 g/mol. The van der Waals surface area contributed by atoms with Gasteiger partial charge in [-0.3, -0.25) is 4.79 Å². The minimum absolute atomic E-state index is 0.0754. The third-order valence-electron chi connectivity index (χ3n) is 3.86. The Morgan fingerprint density at radius 2 is 2.17 bits per heavy atom. The molecule has 0 aromatic carbocycles. The fraction of sp³-hybridized carbons (Fsp3) is 0.647. The summed E-state index contributed by atoms with van der Waals surface area (Å²) in [6, 6.07) is 2.71. The molecular formula is C17H26N2O5. The molecule has 0 unspecified atom stereocenters. The second-order valence-electron chi connectivity index (χ2n) is 6.33. The first-order chi connectivity index (χ1) is 11.4. The number of aliphatic hydroxyl groups excluding tert-OH is 2. The summed E-state index contributed by atoms with van der Waals surface area (Å²) in [5.74, 6) is 0.415. The quantitative estimate of drug-likeness (QED) is 0.793. The van der Waals surface area contributed by atoms with Gasteiger partial charge in [0.15, 0.2) is 0 Å². The largest absolute Gasteiger partial charge is 0.478 e. The van der Waals surface area contributed by atoms with Gasteiger partial charge in [0.1, 0.15) is 12.2 Å². The summed E-state index contributed by atoms with van der Waals surface area (Å²) in [4.78, 5) is 18.6. The summed E-state index contributed by atoms with van der Waals surface area (Å²) >= 11 is 0. The third kappa shape index (κ3) is 4.43. The summed E-state index contributed by atoms with van der Waals surface area (Å²) in [5.41, 5.74) is 0.409. The molecule has 0 aliphatic carbocycles. The predicted molar refractivity (Wildman–Crippen MR) is 87.9 cm³/mol. The van der Waals surface area contributed by atoms with Crippen molar-refractivity contribution in [1.29, 1.82) is 0 Å². The molecule has 1 aromatic rings. The lowest BCUT2D eigenvalue weighted by Crippen LogP contribution is -2.58. The Balaban J connectivity index is 2.21. The van der Waals surface area contributed by atoms with E-state index >= 15 is 0 Å². The first kappa shape index (κ1) is 18.6. The highest BCUT2D eigenvalue weighted by Gasteiger charge is 2.38. The molecule has 2 rings (SSSR count). The highest BCUT2D eigenvalue weighted by Crippen LogP contribution is 2.20. The summed E-state index contributed by atoms with van der Waals surface area (Å²) < 4.78 is 10.6. The van der Waals surface area contributed by atoms with Crippen LogP contribution in [0.25, 0.3) is 0 Å². The maximum Gasteiger partial charge on any atom is 0.255 e. The molecule has 0 bridgehead atoms. The lowest BCUT2D eigenvalue weighted by atomic mass is 10.00. The number of hydrogen-bond acceptors (Lipinski definition) is 6. The van der Waals surface area contributed by atoms with Crippen molar-refractivity contribution in [1.82, 2.24) is 9.88 Å². The molecule has 1 aliphatic heterocycles. The van der Waals surface area contributed by atoms with Crippen molar-refractivity contribution < 1.29 is 24.5 Å². The summed E-state index contributed by atoms with van der Waals surface area (Å²) in [6.45, 7) is 7.06. The molecule has 7 nitrogen and oxygen atoms in total. The second kappa shape index (κ2) is 8.41. The van der Waals surface area contributed by atoms with Crippen LogP contribution in [-0.2, 0) is 4.74 Å². The molecule has 24 heavy (non-hydrogen) atoms. The van der Waals surface area contributed by atoms with Crippen molar-refractivity contribution in [3.63, 3.8) is 0 Å². The Kier molecular flexibility index (Phi) is 6.53. The van der Waals surface area contributed by atoms with Gasteiger partial charge in [-0.1, -0.05) is 13.8 Å². The smallest absolute Gasteiger partial charge is 0.255 e. The summed E-state index contributed by atoms with van der Waals surface area (Å²) in [6.07, 6.45) is -0.561. The topological polar surface area (TPSA) is 92.1 Å². The van der Waals surface area contributed by atoms with E-state index in [-0.39, 0.29) is 25.0 Å². The van der Waals surface area contributed by atoms with E-state index in [1.54, 1.807) is 17.0 Å². The highest BCUT2D eigenvalue weighted by atomic mass is 16.5. The second-order valence-corrected chi connectivity index (χ2v) is 6.33. The van der Waals surface area contributed by atoms with Gasteiger partial charge in [0.05, 0.1) is 31.4 Å². The number of nitrogens with zero attached hydrogens (tertiary/aromatic N) is 2. The van der Waals surface area contributed by atoms with Gasteiger partial charge in [-0.25, -0.2) is 4.98 Å².